The third kappa shape index (κ3) is 3.00. The van der Waals surface area contributed by atoms with Gasteiger partial charge in [-0.1, -0.05) is 0 Å². The molecule has 0 aliphatic carbocycles. The average Bonchev–Trinajstić information content (AvgIpc) is 2.26. The SMILES string of the molecule is COc1ccc(S(=O)(=O)N=C(N)N)c(OC)c1. The van der Waals surface area contributed by atoms with Gasteiger partial charge in [-0.05, 0) is 12.1 Å². The molecule has 0 aliphatic rings. The minimum absolute atomic E-state index is 0.106. The van der Waals surface area contributed by atoms with E-state index in [1.807, 2.05) is 0 Å². The van der Waals surface area contributed by atoms with Crippen LogP contribution in [0.3, 0.4) is 0 Å². The molecule has 0 fully saturated rings. The second kappa shape index (κ2) is 4.91. The van der Waals surface area contributed by atoms with Crippen LogP contribution >= 0.6 is 0 Å². The molecule has 1 rings (SSSR count). The van der Waals surface area contributed by atoms with Crippen LogP contribution in [0.15, 0.2) is 27.5 Å². The van der Waals surface area contributed by atoms with Gasteiger partial charge in [0.2, 0.25) is 5.96 Å². The Labute approximate surface area is 99.1 Å². The molecule has 0 aromatic heterocycles. The van der Waals surface area contributed by atoms with Crippen molar-refractivity contribution < 1.29 is 17.9 Å². The van der Waals surface area contributed by atoms with Crippen molar-refractivity contribution in [2.24, 2.45) is 15.9 Å². The highest BCUT2D eigenvalue weighted by Gasteiger charge is 2.19. The zero-order valence-corrected chi connectivity index (χ0v) is 10.2. The normalized spacial score (nSPS) is 10.7. The number of hydrogen-bond acceptors (Lipinski definition) is 4. The number of methoxy groups -OCH3 is 2. The third-order valence-corrected chi connectivity index (χ3v) is 3.22. The maximum atomic E-state index is 11.8. The number of sulfonamides is 1. The van der Waals surface area contributed by atoms with Gasteiger partial charge in [-0.3, -0.25) is 0 Å². The summed E-state index contributed by atoms with van der Waals surface area (Å²) in [6.07, 6.45) is 0. The number of rotatable bonds is 4. The summed E-state index contributed by atoms with van der Waals surface area (Å²) in [5.74, 6) is 0.0303. The summed E-state index contributed by atoms with van der Waals surface area (Å²) < 4.78 is 36.6. The van der Waals surface area contributed by atoms with Crippen molar-refractivity contribution in [1.82, 2.24) is 0 Å². The lowest BCUT2D eigenvalue weighted by atomic mass is 10.3. The van der Waals surface area contributed by atoms with E-state index >= 15 is 0 Å². The predicted octanol–water partition coefficient (Wildman–Crippen LogP) is -0.334. The molecule has 94 valence electrons. The summed E-state index contributed by atoms with van der Waals surface area (Å²) in [5, 5.41) is 0. The second-order valence-corrected chi connectivity index (χ2v) is 4.58. The van der Waals surface area contributed by atoms with Crippen LogP contribution in [0.1, 0.15) is 0 Å². The molecular formula is C9H13N3O4S. The monoisotopic (exact) mass is 259 g/mol. The Bertz CT molecular complexity index is 535. The second-order valence-electron chi connectivity index (χ2n) is 3.01. The van der Waals surface area contributed by atoms with Crippen LogP contribution in [0.4, 0.5) is 0 Å². The Morgan fingerprint density at radius 3 is 2.35 bits per heavy atom. The Hall–Kier alpha value is -1.96. The van der Waals surface area contributed by atoms with Crippen molar-refractivity contribution in [3.8, 4) is 11.5 Å². The van der Waals surface area contributed by atoms with Crippen molar-refractivity contribution in [2.45, 2.75) is 4.90 Å². The smallest absolute Gasteiger partial charge is 0.289 e. The molecule has 17 heavy (non-hydrogen) atoms. The number of benzene rings is 1. The summed E-state index contributed by atoms with van der Waals surface area (Å²) in [4.78, 5) is -0.130. The lowest BCUT2D eigenvalue weighted by molar-refractivity contribution is 0.386. The molecule has 0 saturated carbocycles. The van der Waals surface area contributed by atoms with Gasteiger partial charge >= 0.3 is 0 Å². The molecule has 0 bridgehead atoms. The van der Waals surface area contributed by atoms with E-state index in [-0.39, 0.29) is 10.6 Å². The highest BCUT2D eigenvalue weighted by molar-refractivity contribution is 7.90. The highest BCUT2D eigenvalue weighted by atomic mass is 32.2. The Kier molecular flexibility index (Phi) is 3.79. The number of nitrogens with zero attached hydrogens (tertiary/aromatic N) is 1. The minimum Gasteiger partial charge on any atom is -0.497 e. The molecule has 0 atom stereocenters. The Morgan fingerprint density at radius 1 is 1.24 bits per heavy atom. The van der Waals surface area contributed by atoms with Gasteiger partial charge < -0.3 is 20.9 Å². The van der Waals surface area contributed by atoms with E-state index in [0.717, 1.165) is 0 Å². The van der Waals surface area contributed by atoms with E-state index in [4.69, 9.17) is 20.9 Å². The standard InChI is InChI=1S/C9H13N3O4S/c1-15-6-3-4-8(7(5-6)16-2)17(13,14)12-9(10)11/h3-5H,1-2H3,(H4,10,11,12). The zero-order chi connectivity index (χ0) is 13.1. The van der Waals surface area contributed by atoms with Gasteiger partial charge in [-0.2, -0.15) is 8.42 Å². The van der Waals surface area contributed by atoms with Crippen LogP contribution in [0.5, 0.6) is 11.5 Å². The van der Waals surface area contributed by atoms with Crippen LogP contribution in [0.2, 0.25) is 0 Å². The molecule has 4 N–H and O–H groups in total. The maximum Gasteiger partial charge on any atom is 0.289 e. The van der Waals surface area contributed by atoms with Crippen LogP contribution in [0.25, 0.3) is 0 Å². The lowest BCUT2D eigenvalue weighted by Crippen LogP contribution is -2.24. The lowest BCUT2D eigenvalue weighted by Gasteiger charge is -2.08. The Balaban J connectivity index is 3.37. The molecule has 0 aliphatic heterocycles. The van der Waals surface area contributed by atoms with Crippen molar-refractivity contribution in [3.05, 3.63) is 18.2 Å². The first-order chi connectivity index (χ1) is 7.90. The molecule has 0 saturated heterocycles. The number of hydrogen-bond donors (Lipinski definition) is 2. The van der Waals surface area contributed by atoms with E-state index in [0.29, 0.717) is 5.75 Å². The molecule has 0 amide bonds. The van der Waals surface area contributed by atoms with E-state index < -0.39 is 16.0 Å². The molecule has 0 radical (unpaired) electrons. The van der Waals surface area contributed by atoms with Crippen LogP contribution in [0, 0.1) is 0 Å². The number of nitrogens with two attached hydrogens (primary N) is 2. The third-order valence-electron chi connectivity index (χ3n) is 1.87. The quantitative estimate of drug-likeness (QED) is 0.564. The molecule has 0 spiro atoms. The van der Waals surface area contributed by atoms with Crippen molar-refractivity contribution in [1.29, 1.82) is 0 Å². The summed E-state index contributed by atoms with van der Waals surface area (Å²) >= 11 is 0. The summed E-state index contributed by atoms with van der Waals surface area (Å²) in [5.41, 5.74) is 10.1. The fourth-order valence-electron chi connectivity index (χ4n) is 1.18. The van der Waals surface area contributed by atoms with Crippen LogP contribution in [-0.2, 0) is 10.0 Å². The van der Waals surface area contributed by atoms with Crippen LogP contribution in [-0.4, -0.2) is 28.6 Å². The largest absolute Gasteiger partial charge is 0.497 e. The van der Waals surface area contributed by atoms with E-state index in [1.54, 1.807) is 0 Å². The Morgan fingerprint density at radius 2 is 1.88 bits per heavy atom. The molecular weight excluding hydrogens is 246 g/mol. The van der Waals surface area contributed by atoms with Gasteiger partial charge in [0.25, 0.3) is 10.0 Å². The summed E-state index contributed by atoms with van der Waals surface area (Å²) in [6.45, 7) is 0. The molecule has 1 aromatic rings. The van der Waals surface area contributed by atoms with Gasteiger partial charge in [0.15, 0.2) is 0 Å². The van der Waals surface area contributed by atoms with Crippen molar-refractivity contribution in [2.75, 3.05) is 14.2 Å². The van der Waals surface area contributed by atoms with Crippen molar-refractivity contribution >= 4 is 16.0 Å². The first-order valence-electron chi connectivity index (χ1n) is 4.48. The maximum absolute atomic E-state index is 11.8. The first-order valence-corrected chi connectivity index (χ1v) is 5.92. The van der Waals surface area contributed by atoms with Gasteiger partial charge in [0.05, 0.1) is 14.2 Å². The molecule has 7 nitrogen and oxygen atoms in total. The van der Waals surface area contributed by atoms with Crippen molar-refractivity contribution in [3.63, 3.8) is 0 Å². The van der Waals surface area contributed by atoms with Gasteiger partial charge in [-0.15, -0.1) is 4.40 Å². The summed E-state index contributed by atoms with van der Waals surface area (Å²) in [7, 11) is -1.18. The average molecular weight is 259 g/mol. The molecule has 0 unspecified atom stereocenters. The fourth-order valence-corrected chi connectivity index (χ4v) is 2.19. The number of guanidine groups is 1. The van der Waals surface area contributed by atoms with E-state index in [2.05, 4.69) is 4.40 Å². The molecule has 1 aromatic carbocycles. The summed E-state index contributed by atoms with van der Waals surface area (Å²) in [6, 6.07) is 4.20. The van der Waals surface area contributed by atoms with Gasteiger partial charge in [-0.25, -0.2) is 0 Å². The number of ether oxygens (including phenoxy) is 2. The topological polar surface area (TPSA) is 117 Å². The zero-order valence-electron chi connectivity index (χ0n) is 9.38. The predicted molar refractivity (Wildman–Crippen MR) is 62.5 cm³/mol. The highest BCUT2D eigenvalue weighted by Crippen LogP contribution is 2.29. The first kappa shape index (κ1) is 13.1. The van der Waals surface area contributed by atoms with Gasteiger partial charge in [0.1, 0.15) is 16.4 Å². The van der Waals surface area contributed by atoms with E-state index in [1.165, 1.54) is 32.4 Å². The minimum atomic E-state index is -3.97. The van der Waals surface area contributed by atoms with Gasteiger partial charge in [0, 0.05) is 6.07 Å². The van der Waals surface area contributed by atoms with E-state index in [9.17, 15) is 8.42 Å². The molecule has 8 heteroatoms. The van der Waals surface area contributed by atoms with Crippen LogP contribution < -0.4 is 20.9 Å². The fraction of sp³-hybridized carbons (Fsp3) is 0.222. The molecule has 0 heterocycles.